The van der Waals surface area contributed by atoms with E-state index < -0.39 is 0 Å². The van der Waals surface area contributed by atoms with Crippen molar-refractivity contribution in [2.24, 2.45) is 0 Å². The zero-order valence-corrected chi connectivity index (χ0v) is 12.0. The van der Waals surface area contributed by atoms with Crippen LogP contribution in [0.15, 0.2) is 12.3 Å². The number of nitrogens with one attached hydrogen (secondary N) is 1. The number of nitrogens with zero attached hydrogens (tertiary/aromatic N) is 2. The number of aryl methyl sites for hydroxylation is 2. The zero-order chi connectivity index (χ0) is 13.2. The molecule has 1 aromatic heterocycles. The molecule has 1 atom stereocenters. The summed E-state index contributed by atoms with van der Waals surface area (Å²) in [4.78, 5) is 0. The molecule has 0 bridgehead atoms. The van der Waals surface area contributed by atoms with Crippen LogP contribution in [0.1, 0.15) is 38.3 Å². The number of hydrogen-bond acceptors (Lipinski definition) is 3. The van der Waals surface area contributed by atoms with Gasteiger partial charge in [-0.2, -0.15) is 5.10 Å². The minimum Gasteiger partial charge on any atom is -0.385 e. The summed E-state index contributed by atoms with van der Waals surface area (Å²) in [5, 5.41) is 7.77. The molecule has 4 heteroatoms. The highest BCUT2D eigenvalue weighted by atomic mass is 16.5. The Bertz CT molecular complexity index is 312. The molecule has 0 amide bonds. The lowest BCUT2D eigenvalue weighted by Gasteiger charge is -2.15. The van der Waals surface area contributed by atoms with E-state index in [0.29, 0.717) is 6.04 Å². The lowest BCUT2D eigenvalue weighted by molar-refractivity contribution is 0.188. The Labute approximate surface area is 111 Å². The molecule has 0 aliphatic carbocycles. The van der Waals surface area contributed by atoms with Crippen molar-refractivity contribution in [3.05, 3.63) is 18.0 Å². The average molecular weight is 253 g/mol. The van der Waals surface area contributed by atoms with Crippen molar-refractivity contribution in [1.29, 1.82) is 0 Å². The van der Waals surface area contributed by atoms with Gasteiger partial charge in [0.15, 0.2) is 0 Å². The Hall–Kier alpha value is -0.870. The minimum absolute atomic E-state index is 0.623. The van der Waals surface area contributed by atoms with Crippen molar-refractivity contribution in [2.45, 2.75) is 51.6 Å². The molecular formula is C14H27N3O. The molecule has 0 spiro atoms. The van der Waals surface area contributed by atoms with Crippen LogP contribution in [0, 0.1) is 0 Å². The summed E-state index contributed by atoms with van der Waals surface area (Å²) in [6.45, 7) is 3.99. The fourth-order valence-electron chi connectivity index (χ4n) is 2.24. The molecule has 104 valence electrons. The predicted octanol–water partition coefficient (Wildman–Crippen LogP) is 2.24. The summed E-state index contributed by atoms with van der Waals surface area (Å²) in [6.07, 6.45) is 7.68. The number of rotatable bonds is 10. The lowest BCUT2D eigenvalue weighted by Crippen LogP contribution is -2.25. The quantitative estimate of drug-likeness (QED) is 0.650. The smallest absolute Gasteiger partial charge is 0.0492 e. The molecule has 1 aromatic rings. The number of hydrogen-bond donors (Lipinski definition) is 1. The normalized spacial score (nSPS) is 12.8. The number of methoxy groups -OCH3 is 1. The predicted molar refractivity (Wildman–Crippen MR) is 74.8 cm³/mol. The molecule has 18 heavy (non-hydrogen) atoms. The van der Waals surface area contributed by atoms with Gasteiger partial charge in [0.2, 0.25) is 0 Å². The highest BCUT2D eigenvalue weighted by Gasteiger charge is 2.08. The van der Waals surface area contributed by atoms with Gasteiger partial charge in [-0.05, 0) is 38.8 Å². The van der Waals surface area contributed by atoms with E-state index >= 15 is 0 Å². The second-order valence-corrected chi connectivity index (χ2v) is 4.70. The van der Waals surface area contributed by atoms with Gasteiger partial charge in [0, 0.05) is 38.2 Å². The molecule has 0 fully saturated rings. The third-order valence-corrected chi connectivity index (χ3v) is 3.32. The van der Waals surface area contributed by atoms with Crippen LogP contribution in [0.2, 0.25) is 0 Å². The van der Waals surface area contributed by atoms with Gasteiger partial charge < -0.3 is 10.1 Å². The summed E-state index contributed by atoms with van der Waals surface area (Å²) in [5.41, 5.74) is 1.34. The van der Waals surface area contributed by atoms with Crippen molar-refractivity contribution in [3.63, 3.8) is 0 Å². The first-order valence-electron chi connectivity index (χ1n) is 6.98. The van der Waals surface area contributed by atoms with Crippen LogP contribution in [0.25, 0.3) is 0 Å². The molecule has 1 N–H and O–H groups in total. The fourth-order valence-corrected chi connectivity index (χ4v) is 2.24. The molecule has 0 saturated heterocycles. The molecule has 4 nitrogen and oxygen atoms in total. The molecular weight excluding hydrogens is 226 g/mol. The number of ether oxygens (including phenoxy) is 1. The van der Waals surface area contributed by atoms with Crippen molar-refractivity contribution < 1.29 is 4.74 Å². The van der Waals surface area contributed by atoms with Gasteiger partial charge in [-0.1, -0.05) is 13.3 Å². The first-order chi connectivity index (χ1) is 8.81. The maximum atomic E-state index is 5.08. The van der Waals surface area contributed by atoms with Crippen LogP contribution in [-0.4, -0.2) is 36.6 Å². The average Bonchev–Trinajstić information content (AvgIpc) is 2.82. The molecule has 0 aliphatic heterocycles. The van der Waals surface area contributed by atoms with Gasteiger partial charge in [0.05, 0.1) is 0 Å². The maximum Gasteiger partial charge on any atom is 0.0492 e. The highest BCUT2D eigenvalue weighted by Crippen LogP contribution is 2.09. The van der Waals surface area contributed by atoms with Crippen molar-refractivity contribution in [2.75, 3.05) is 20.8 Å². The minimum atomic E-state index is 0.623. The van der Waals surface area contributed by atoms with Crippen molar-refractivity contribution in [3.8, 4) is 0 Å². The van der Waals surface area contributed by atoms with E-state index in [9.17, 15) is 0 Å². The first-order valence-corrected chi connectivity index (χ1v) is 6.98. The van der Waals surface area contributed by atoms with E-state index in [2.05, 4.69) is 35.1 Å². The van der Waals surface area contributed by atoms with Crippen LogP contribution in [-0.2, 0) is 17.7 Å². The van der Waals surface area contributed by atoms with Gasteiger partial charge in [0.25, 0.3) is 0 Å². The Morgan fingerprint density at radius 3 is 2.94 bits per heavy atom. The van der Waals surface area contributed by atoms with E-state index in [1.54, 1.807) is 7.11 Å². The Balaban J connectivity index is 2.39. The Morgan fingerprint density at radius 1 is 1.44 bits per heavy atom. The zero-order valence-electron chi connectivity index (χ0n) is 12.0. The van der Waals surface area contributed by atoms with Gasteiger partial charge >= 0.3 is 0 Å². The molecule has 0 radical (unpaired) electrons. The van der Waals surface area contributed by atoms with Gasteiger partial charge in [0.1, 0.15) is 0 Å². The van der Waals surface area contributed by atoms with E-state index in [1.165, 1.54) is 25.0 Å². The monoisotopic (exact) mass is 253 g/mol. The topological polar surface area (TPSA) is 39.1 Å². The van der Waals surface area contributed by atoms with E-state index in [4.69, 9.17) is 4.74 Å². The van der Waals surface area contributed by atoms with Gasteiger partial charge in [-0.3, -0.25) is 4.68 Å². The second kappa shape index (κ2) is 9.11. The summed E-state index contributed by atoms with van der Waals surface area (Å²) in [6, 6.07) is 2.75. The summed E-state index contributed by atoms with van der Waals surface area (Å²) >= 11 is 0. The molecule has 1 rings (SSSR count). The van der Waals surface area contributed by atoms with E-state index in [1.807, 2.05) is 6.20 Å². The Morgan fingerprint density at radius 2 is 2.28 bits per heavy atom. The van der Waals surface area contributed by atoms with Gasteiger partial charge in [-0.25, -0.2) is 0 Å². The highest BCUT2D eigenvalue weighted by molar-refractivity contribution is 5.01. The first kappa shape index (κ1) is 15.2. The SMILES string of the molecule is CCCC(CCc1ccnn1CCCOC)NC. The van der Waals surface area contributed by atoms with Gasteiger partial charge in [-0.15, -0.1) is 0 Å². The lowest BCUT2D eigenvalue weighted by atomic mass is 10.1. The maximum absolute atomic E-state index is 5.08. The van der Waals surface area contributed by atoms with Crippen LogP contribution in [0.5, 0.6) is 0 Å². The molecule has 1 unspecified atom stereocenters. The van der Waals surface area contributed by atoms with Crippen LogP contribution in [0.3, 0.4) is 0 Å². The standard InChI is InChI=1S/C14H27N3O/c1-4-6-13(15-2)7-8-14-9-10-16-17(14)11-5-12-18-3/h9-10,13,15H,4-8,11-12H2,1-3H3. The second-order valence-electron chi connectivity index (χ2n) is 4.70. The van der Waals surface area contributed by atoms with Crippen LogP contribution < -0.4 is 5.32 Å². The largest absolute Gasteiger partial charge is 0.385 e. The summed E-state index contributed by atoms with van der Waals surface area (Å²) in [7, 11) is 3.79. The van der Waals surface area contributed by atoms with Crippen molar-refractivity contribution in [1.82, 2.24) is 15.1 Å². The molecule has 0 aromatic carbocycles. The third-order valence-electron chi connectivity index (χ3n) is 3.32. The van der Waals surface area contributed by atoms with Crippen LogP contribution in [0.4, 0.5) is 0 Å². The van der Waals surface area contributed by atoms with Crippen LogP contribution >= 0.6 is 0 Å². The molecule has 1 heterocycles. The van der Waals surface area contributed by atoms with E-state index in [0.717, 1.165) is 26.0 Å². The summed E-state index contributed by atoms with van der Waals surface area (Å²) in [5.74, 6) is 0. The Kier molecular flexibility index (Phi) is 7.69. The molecule has 0 saturated carbocycles. The van der Waals surface area contributed by atoms with E-state index in [-0.39, 0.29) is 0 Å². The number of aromatic nitrogens is 2. The fraction of sp³-hybridized carbons (Fsp3) is 0.786. The third kappa shape index (κ3) is 5.19. The summed E-state index contributed by atoms with van der Waals surface area (Å²) < 4.78 is 7.19. The van der Waals surface area contributed by atoms with Crippen molar-refractivity contribution >= 4 is 0 Å². The molecule has 0 aliphatic rings.